The summed E-state index contributed by atoms with van der Waals surface area (Å²) in [7, 11) is 0. The van der Waals surface area contributed by atoms with E-state index in [1.54, 1.807) is 24.8 Å². The number of likely N-dealkylation sites (tertiary alicyclic amines) is 1. The van der Waals surface area contributed by atoms with Crippen LogP contribution in [-0.2, 0) is 19.1 Å². The first kappa shape index (κ1) is 24.4. The maximum Gasteiger partial charge on any atom is 0.310 e. The molecule has 2 bridgehead atoms. The molecule has 3 saturated heterocycles. The average molecular weight is 471 g/mol. The number of hydrogen-bond acceptors (Lipinski definition) is 5. The lowest BCUT2D eigenvalue weighted by atomic mass is 9.62. The van der Waals surface area contributed by atoms with Crippen molar-refractivity contribution in [3.8, 4) is 0 Å². The second kappa shape index (κ2) is 8.20. The summed E-state index contributed by atoms with van der Waals surface area (Å²) >= 11 is 0. The molecule has 3 fully saturated rings. The van der Waals surface area contributed by atoms with Crippen molar-refractivity contribution in [3.05, 3.63) is 42.0 Å². The predicted octanol–water partition coefficient (Wildman–Crippen LogP) is 2.30. The number of nitrogens with zero attached hydrogens (tertiary/aromatic N) is 2. The van der Waals surface area contributed by atoms with E-state index < -0.39 is 47.0 Å². The molecule has 3 aliphatic rings. The molecule has 3 unspecified atom stereocenters. The van der Waals surface area contributed by atoms with E-state index in [2.05, 4.69) is 6.58 Å². The van der Waals surface area contributed by atoms with Crippen molar-refractivity contribution >= 4 is 23.5 Å². The summed E-state index contributed by atoms with van der Waals surface area (Å²) in [6.45, 7) is 12.9. The Labute approximate surface area is 200 Å². The van der Waals surface area contributed by atoms with E-state index in [-0.39, 0.29) is 25.0 Å². The van der Waals surface area contributed by atoms with Crippen LogP contribution in [0.5, 0.6) is 0 Å². The summed E-state index contributed by atoms with van der Waals surface area (Å²) < 4.78 is 6.51. The number of carboxylic acid groups (broad SMARTS) is 1. The molecule has 3 aliphatic heterocycles. The van der Waals surface area contributed by atoms with E-state index in [1.165, 1.54) is 4.90 Å². The predicted molar refractivity (Wildman–Crippen MR) is 126 cm³/mol. The number of aliphatic hydroxyl groups excluding tert-OH is 1. The Morgan fingerprint density at radius 2 is 2.06 bits per heavy atom. The van der Waals surface area contributed by atoms with E-state index in [0.29, 0.717) is 12.1 Å². The van der Waals surface area contributed by atoms with Crippen LogP contribution in [0, 0.1) is 31.6 Å². The van der Waals surface area contributed by atoms with Gasteiger partial charge in [0.2, 0.25) is 5.91 Å². The molecule has 3 heterocycles. The number of carboxylic acids is 1. The van der Waals surface area contributed by atoms with Crippen LogP contribution in [0.3, 0.4) is 0 Å². The maximum atomic E-state index is 14.4. The number of fused-ring (bicyclic) bond motifs is 1. The van der Waals surface area contributed by atoms with E-state index in [9.17, 15) is 24.6 Å². The Balaban J connectivity index is 1.89. The molecule has 8 heteroatoms. The molecule has 0 aliphatic carbocycles. The van der Waals surface area contributed by atoms with Crippen LogP contribution in [0.4, 0.5) is 5.69 Å². The van der Waals surface area contributed by atoms with Crippen LogP contribution < -0.4 is 4.90 Å². The number of amides is 2. The fourth-order valence-corrected chi connectivity index (χ4v) is 6.49. The summed E-state index contributed by atoms with van der Waals surface area (Å²) in [5.41, 5.74) is 0.247. The summed E-state index contributed by atoms with van der Waals surface area (Å²) in [6, 6.07) is 4.08. The number of hydrogen-bond donors (Lipinski definition) is 2. The van der Waals surface area contributed by atoms with Crippen LogP contribution in [-0.4, -0.2) is 69.3 Å². The van der Waals surface area contributed by atoms with Crippen molar-refractivity contribution in [2.45, 2.75) is 64.3 Å². The molecule has 1 aromatic rings. The van der Waals surface area contributed by atoms with Gasteiger partial charge < -0.3 is 24.7 Å². The van der Waals surface area contributed by atoms with Crippen LogP contribution in [0.2, 0.25) is 0 Å². The van der Waals surface area contributed by atoms with E-state index in [0.717, 1.165) is 11.1 Å². The van der Waals surface area contributed by atoms with Gasteiger partial charge in [-0.1, -0.05) is 25.1 Å². The summed E-state index contributed by atoms with van der Waals surface area (Å²) in [6.07, 6.45) is 2.02. The molecule has 2 N–H and O–H groups in total. The number of carbonyl (C=O) groups excluding carboxylic acids is 2. The molecule has 0 aromatic heterocycles. The molecule has 0 radical (unpaired) electrons. The fourth-order valence-electron chi connectivity index (χ4n) is 6.49. The highest BCUT2D eigenvalue weighted by molar-refractivity contribution is 6.05. The Morgan fingerprint density at radius 3 is 2.65 bits per heavy atom. The number of anilines is 1. The standard InChI is InChI=1S/C26H34N2O6/c1-7-10-27(18-11-14(2)8-9-15(18)3)23(31)21-26-12-16(4)25(6,34-26)20(24(32)33)19(26)22(30)28(21)17(5)13-29/h7-9,11,16-17,19-21,29H,1,10,12-13H2,2-6H3,(H,32,33)/t16?,17-,19+,20-,21?,25+,26?/m1/s1. The summed E-state index contributed by atoms with van der Waals surface area (Å²) in [5, 5.41) is 20.1. The lowest BCUT2D eigenvalue weighted by Crippen LogP contribution is -2.58. The van der Waals surface area contributed by atoms with Gasteiger partial charge in [0.25, 0.3) is 5.91 Å². The van der Waals surface area contributed by atoms with Crippen LogP contribution in [0.15, 0.2) is 30.9 Å². The lowest BCUT2D eigenvalue weighted by molar-refractivity contribution is -0.157. The number of carbonyl (C=O) groups is 3. The summed E-state index contributed by atoms with van der Waals surface area (Å²) in [4.78, 5) is 43.5. The van der Waals surface area contributed by atoms with Gasteiger partial charge in [0.1, 0.15) is 17.6 Å². The monoisotopic (exact) mass is 470 g/mol. The molecule has 34 heavy (non-hydrogen) atoms. The Morgan fingerprint density at radius 1 is 1.38 bits per heavy atom. The van der Waals surface area contributed by atoms with Crippen LogP contribution in [0.1, 0.15) is 38.3 Å². The molecular weight excluding hydrogens is 436 g/mol. The normalized spacial score (nSPS) is 34.8. The minimum Gasteiger partial charge on any atom is -0.481 e. The van der Waals surface area contributed by atoms with Crippen LogP contribution in [0.25, 0.3) is 0 Å². The quantitative estimate of drug-likeness (QED) is 0.592. The van der Waals surface area contributed by atoms with Crippen molar-refractivity contribution in [1.29, 1.82) is 0 Å². The lowest BCUT2D eigenvalue weighted by Gasteiger charge is -2.39. The Hall–Kier alpha value is -2.71. The highest BCUT2D eigenvalue weighted by Gasteiger charge is 2.80. The first-order chi connectivity index (χ1) is 15.9. The van der Waals surface area contributed by atoms with Crippen molar-refractivity contribution in [2.75, 3.05) is 18.1 Å². The molecule has 1 spiro atoms. The largest absolute Gasteiger partial charge is 0.481 e. The fraction of sp³-hybridized carbons (Fsp3) is 0.577. The SMILES string of the molecule is C=CCN(C(=O)C1N([C@H](C)CO)C(=O)[C@@H]2[C@H](C(=O)O)[C@@]3(C)OC12CC3C)c1cc(C)ccc1C. The highest BCUT2D eigenvalue weighted by Crippen LogP contribution is 2.65. The number of benzene rings is 1. The molecule has 7 atom stereocenters. The first-order valence-corrected chi connectivity index (χ1v) is 11.8. The van der Waals surface area contributed by atoms with Crippen molar-refractivity contribution < 1.29 is 29.3 Å². The van der Waals surface area contributed by atoms with Gasteiger partial charge in [-0.3, -0.25) is 14.4 Å². The van der Waals surface area contributed by atoms with Crippen LogP contribution >= 0.6 is 0 Å². The molecule has 8 nitrogen and oxygen atoms in total. The minimum absolute atomic E-state index is 0.161. The Kier molecular flexibility index (Phi) is 5.89. The van der Waals surface area contributed by atoms with Gasteiger partial charge in [-0.25, -0.2) is 0 Å². The Bertz CT molecular complexity index is 1060. The third-order valence-corrected chi connectivity index (χ3v) is 8.22. The van der Waals surface area contributed by atoms with Gasteiger partial charge >= 0.3 is 5.97 Å². The second-order valence-corrected chi connectivity index (χ2v) is 10.3. The topological polar surface area (TPSA) is 107 Å². The number of aliphatic carboxylic acids is 1. The second-order valence-electron chi connectivity index (χ2n) is 10.3. The van der Waals surface area contributed by atoms with Crippen molar-refractivity contribution in [1.82, 2.24) is 4.90 Å². The summed E-state index contributed by atoms with van der Waals surface area (Å²) in [5.74, 6) is -4.11. The van der Waals surface area contributed by atoms with Gasteiger partial charge in [0.15, 0.2) is 0 Å². The number of ether oxygens (including phenoxy) is 1. The number of aryl methyl sites for hydroxylation is 2. The van der Waals surface area contributed by atoms with Gasteiger partial charge in [0.05, 0.1) is 24.2 Å². The van der Waals surface area contributed by atoms with Crippen molar-refractivity contribution in [3.63, 3.8) is 0 Å². The number of aliphatic hydroxyl groups is 1. The van der Waals surface area contributed by atoms with E-state index >= 15 is 0 Å². The van der Waals surface area contributed by atoms with E-state index in [1.807, 2.05) is 39.0 Å². The molecule has 184 valence electrons. The zero-order valence-electron chi connectivity index (χ0n) is 20.4. The van der Waals surface area contributed by atoms with Gasteiger partial charge in [-0.05, 0) is 57.2 Å². The van der Waals surface area contributed by atoms with E-state index in [4.69, 9.17) is 4.74 Å². The molecule has 2 amide bonds. The minimum atomic E-state index is -1.27. The van der Waals surface area contributed by atoms with Gasteiger partial charge in [0, 0.05) is 12.2 Å². The van der Waals surface area contributed by atoms with Crippen molar-refractivity contribution in [2.24, 2.45) is 17.8 Å². The van der Waals surface area contributed by atoms with Gasteiger partial charge in [-0.2, -0.15) is 0 Å². The third kappa shape index (κ3) is 3.15. The third-order valence-electron chi connectivity index (χ3n) is 8.22. The molecular formula is C26H34N2O6. The molecule has 4 rings (SSSR count). The van der Waals surface area contributed by atoms with Gasteiger partial charge in [-0.15, -0.1) is 6.58 Å². The number of rotatable bonds is 7. The zero-order chi connectivity index (χ0) is 25.2. The smallest absolute Gasteiger partial charge is 0.310 e. The first-order valence-electron chi connectivity index (χ1n) is 11.8. The maximum absolute atomic E-state index is 14.4. The zero-order valence-corrected chi connectivity index (χ0v) is 20.4. The molecule has 0 saturated carbocycles. The average Bonchev–Trinajstić information content (AvgIpc) is 3.29. The highest BCUT2D eigenvalue weighted by atomic mass is 16.5. The molecule has 1 aromatic carbocycles.